The van der Waals surface area contributed by atoms with Gasteiger partial charge in [-0.15, -0.1) is 0 Å². The van der Waals surface area contributed by atoms with Crippen molar-refractivity contribution >= 4 is 11.6 Å². The fraction of sp³-hybridized carbons (Fsp3) is 0.154. The van der Waals surface area contributed by atoms with Crippen LogP contribution >= 0.6 is 0 Å². The van der Waals surface area contributed by atoms with E-state index in [-0.39, 0.29) is 11.7 Å². The zero-order valence-electron chi connectivity index (χ0n) is 19.3. The molecule has 1 heterocycles. The fourth-order valence-corrected chi connectivity index (χ4v) is 3.54. The molecule has 4 rings (SSSR count). The van der Waals surface area contributed by atoms with E-state index >= 15 is 0 Å². The van der Waals surface area contributed by atoms with Gasteiger partial charge in [-0.05, 0) is 31.2 Å². The Morgan fingerprint density at radius 3 is 2.09 bits per heavy atom. The molecule has 1 amide bonds. The van der Waals surface area contributed by atoms with Gasteiger partial charge in [0.25, 0.3) is 5.91 Å². The minimum Gasteiger partial charge on any atom is -0.493 e. The molecule has 0 saturated carbocycles. The molecule has 174 valence electrons. The second kappa shape index (κ2) is 9.66. The number of ether oxygens (including phenoxy) is 3. The number of amides is 1. The molecule has 7 nitrogen and oxygen atoms in total. The summed E-state index contributed by atoms with van der Waals surface area (Å²) in [5.74, 6) is 0.525. The molecular weight excluding hydrogens is 437 g/mol. The first-order chi connectivity index (χ1) is 16.4. The number of hydrogen-bond acceptors (Lipinski definition) is 5. The summed E-state index contributed by atoms with van der Waals surface area (Å²) < 4.78 is 31.1. The molecule has 1 aromatic heterocycles. The van der Waals surface area contributed by atoms with E-state index < -0.39 is 0 Å². The summed E-state index contributed by atoms with van der Waals surface area (Å²) in [6.45, 7) is 1.99. The normalized spacial score (nSPS) is 10.6. The zero-order chi connectivity index (χ0) is 24.2. The summed E-state index contributed by atoms with van der Waals surface area (Å²) >= 11 is 0. The Morgan fingerprint density at radius 2 is 1.53 bits per heavy atom. The number of benzene rings is 3. The monoisotopic (exact) mass is 461 g/mol. The molecule has 3 aromatic carbocycles. The number of carbonyl (C=O) groups is 1. The van der Waals surface area contributed by atoms with Crippen molar-refractivity contribution in [2.75, 3.05) is 26.6 Å². The number of carbonyl (C=O) groups excluding carboxylic acids is 1. The highest BCUT2D eigenvalue weighted by Crippen LogP contribution is 2.40. The number of methoxy groups -OCH3 is 3. The van der Waals surface area contributed by atoms with Gasteiger partial charge >= 0.3 is 0 Å². The fourth-order valence-electron chi connectivity index (χ4n) is 3.54. The Kier molecular flexibility index (Phi) is 6.49. The van der Waals surface area contributed by atoms with Crippen molar-refractivity contribution in [3.05, 3.63) is 83.8 Å². The number of aromatic nitrogens is 2. The summed E-state index contributed by atoms with van der Waals surface area (Å²) in [6, 6.07) is 16.9. The molecule has 0 atom stereocenters. The van der Waals surface area contributed by atoms with E-state index in [1.807, 2.05) is 31.2 Å². The van der Waals surface area contributed by atoms with Gasteiger partial charge in [0.2, 0.25) is 5.75 Å². The largest absolute Gasteiger partial charge is 0.493 e. The molecule has 0 aliphatic heterocycles. The van der Waals surface area contributed by atoms with Crippen LogP contribution in [0.2, 0.25) is 0 Å². The predicted octanol–water partition coefficient (Wildman–Crippen LogP) is 5.26. The standard InChI is InChI=1S/C26H24FN3O4/c1-16-5-7-17(8-6-16)24-21(15-30(29-24)20-11-9-18(27)10-12-20)26(31)28-19-13-22(32-2)25(34-4)23(14-19)33-3/h5-15H,1-4H3,(H,28,31). The Balaban J connectivity index is 1.76. The molecule has 0 unspecified atom stereocenters. The lowest BCUT2D eigenvalue weighted by atomic mass is 10.1. The lowest BCUT2D eigenvalue weighted by Gasteiger charge is -2.14. The van der Waals surface area contributed by atoms with Crippen molar-refractivity contribution in [2.45, 2.75) is 6.92 Å². The first-order valence-corrected chi connectivity index (χ1v) is 10.5. The Bertz CT molecular complexity index is 1290. The van der Waals surface area contributed by atoms with Crippen LogP contribution in [0.5, 0.6) is 17.2 Å². The number of nitrogens with zero attached hydrogens (tertiary/aromatic N) is 2. The van der Waals surface area contributed by atoms with E-state index in [2.05, 4.69) is 10.4 Å². The highest BCUT2D eigenvalue weighted by Gasteiger charge is 2.21. The van der Waals surface area contributed by atoms with Crippen molar-refractivity contribution in [2.24, 2.45) is 0 Å². The highest BCUT2D eigenvalue weighted by molar-refractivity contribution is 6.08. The zero-order valence-corrected chi connectivity index (χ0v) is 19.3. The van der Waals surface area contributed by atoms with E-state index in [0.29, 0.717) is 39.9 Å². The summed E-state index contributed by atoms with van der Waals surface area (Å²) in [5, 5.41) is 7.52. The smallest absolute Gasteiger partial charge is 0.259 e. The van der Waals surface area contributed by atoms with Crippen LogP contribution < -0.4 is 19.5 Å². The van der Waals surface area contributed by atoms with Gasteiger partial charge in [-0.2, -0.15) is 5.10 Å². The summed E-state index contributed by atoms with van der Waals surface area (Å²) in [7, 11) is 4.52. The van der Waals surface area contributed by atoms with Crippen LogP contribution in [-0.4, -0.2) is 37.0 Å². The number of aryl methyl sites for hydroxylation is 1. The van der Waals surface area contributed by atoms with E-state index in [1.165, 1.54) is 33.5 Å². The molecule has 0 bridgehead atoms. The van der Waals surface area contributed by atoms with Crippen LogP contribution in [0.25, 0.3) is 16.9 Å². The minimum absolute atomic E-state index is 0.349. The van der Waals surface area contributed by atoms with Crippen molar-refractivity contribution in [1.29, 1.82) is 0 Å². The van der Waals surface area contributed by atoms with E-state index in [0.717, 1.165) is 11.1 Å². The van der Waals surface area contributed by atoms with Gasteiger partial charge in [0.1, 0.15) is 11.5 Å². The van der Waals surface area contributed by atoms with Crippen molar-refractivity contribution in [1.82, 2.24) is 9.78 Å². The maximum atomic E-state index is 13.4. The molecule has 0 aliphatic rings. The average molecular weight is 461 g/mol. The van der Waals surface area contributed by atoms with E-state index in [9.17, 15) is 9.18 Å². The van der Waals surface area contributed by atoms with Crippen LogP contribution in [0.1, 0.15) is 15.9 Å². The molecule has 34 heavy (non-hydrogen) atoms. The van der Waals surface area contributed by atoms with Crippen LogP contribution in [0.15, 0.2) is 66.9 Å². The second-order valence-corrected chi connectivity index (χ2v) is 7.55. The van der Waals surface area contributed by atoms with Gasteiger partial charge in [-0.3, -0.25) is 4.79 Å². The minimum atomic E-state index is -0.377. The van der Waals surface area contributed by atoms with Crippen molar-refractivity contribution in [3.63, 3.8) is 0 Å². The summed E-state index contributed by atoms with van der Waals surface area (Å²) in [5.41, 5.74) is 3.80. The maximum absolute atomic E-state index is 13.4. The van der Waals surface area contributed by atoms with Crippen LogP contribution in [0.3, 0.4) is 0 Å². The van der Waals surface area contributed by atoms with Gasteiger partial charge in [0.15, 0.2) is 11.5 Å². The number of anilines is 1. The van der Waals surface area contributed by atoms with E-state index in [4.69, 9.17) is 14.2 Å². The quantitative estimate of drug-likeness (QED) is 0.406. The third-order valence-electron chi connectivity index (χ3n) is 5.30. The van der Waals surface area contributed by atoms with Gasteiger partial charge in [0, 0.05) is 29.6 Å². The lowest BCUT2D eigenvalue weighted by molar-refractivity contribution is 0.102. The first kappa shape index (κ1) is 22.8. The molecule has 1 N–H and O–H groups in total. The number of rotatable bonds is 7. The topological polar surface area (TPSA) is 74.6 Å². The molecule has 0 aliphatic carbocycles. The molecule has 8 heteroatoms. The molecule has 0 spiro atoms. The van der Waals surface area contributed by atoms with Gasteiger partial charge < -0.3 is 19.5 Å². The Morgan fingerprint density at radius 1 is 0.912 bits per heavy atom. The van der Waals surface area contributed by atoms with Gasteiger partial charge in [0.05, 0.1) is 32.6 Å². The molecular formula is C26H24FN3O4. The Hall–Kier alpha value is -4.33. The number of nitrogens with one attached hydrogen (secondary N) is 1. The second-order valence-electron chi connectivity index (χ2n) is 7.55. The third-order valence-corrected chi connectivity index (χ3v) is 5.30. The molecule has 0 fully saturated rings. The van der Waals surface area contributed by atoms with Crippen LogP contribution in [0.4, 0.5) is 10.1 Å². The highest BCUT2D eigenvalue weighted by atomic mass is 19.1. The van der Waals surface area contributed by atoms with Crippen molar-refractivity contribution in [3.8, 4) is 34.2 Å². The van der Waals surface area contributed by atoms with Crippen LogP contribution in [0, 0.1) is 12.7 Å². The first-order valence-electron chi connectivity index (χ1n) is 10.5. The average Bonchev–Trinajstić information content (AvgIpc) is 3.30. The molecule has 4 aromatic rings. The molecule has 0 radical (unpaired) electrons. The SMILES string of the molecule is COc1cc(NC(=O)c2cn(-c3ccc(F)cc3)nc2-c2ccc(C)cc2)cc(OC)c1OC. The summed E-state index contributed by atoms with van der Waals surface area (Å²) in [4.78, 5) is 13.4. The van der Waals surface area contributed by atoms with E-state index in [1.54, 1.807) is 35.1 Å². The Labute approximate surface area is 196 Å². The third kappa shape index (κ3) is 4.56. The van der Waals surface area contributed by atoms with Gasteiger partial charge in [-0.1, -0.05) is 29.8 Å². The number of hydrogen-bond donors (Lipinski definition) is 1. The van der Waals surface area contributed by atoms with Crippen LogP contribution in [-0.2, 0) is 0 Å². The van der Waals surface area contributed by atoms with Gasteiger partial charge in [-0.25, -0.2) is 9.07 Å². The maximum Gasteiger partial charge on any atom is 0.259 e. The van der Waals surface area contributed by atoms with Crippen molar-refractivity contribution < 1.29 is 23.4 Å². The lowest BCUT2D eigenvalue weighted by Crippen LogP contribution is -2.12. The predicted molar refractivity (Wildman–Crippen MR) is 128 cm³/mol. The molecule has 0 saturated heterocycles. The summed E-state index contributed by atoms with van der Waals surface area (Å²) in [6.07, 6.45) is 1.62. The number of halogens is 1.